The van der Waals surface area contributed by atoms with Crippen LogP contribution in [0.1, 0.15) is 28.7 Å². The van der Waals surface area contributed by atoms with Crippen molar-refractivity contribution in [3.8, 4) is 5.69 Å². The number of carbonyl (C=O) groups excluding carboxylic acids is 1. The average molecular weight is 357 g/mol. The second kappa shape index (κ2) is 6.82. The molecule has 1 heterocycles. The molecule has 0 radical (unpaired) electrons. The van der Waals surface area contributed by atoms with Crippen LogP contribution in [0.2, 0.25) is 5.02 Å². The predicted octanol–water partition coefficient (Wildman–Crippen LogP) is 3.62. The Hall–Kier alpha value is -3.06. The normalized spacial score (nSPS) is 10.6. The van der Waals surface area contributed by atoms with E-state index in [0.717, 1.165) is 0 Å². The maximum atomic E-state index is 13.0. The molecular formula is C17H13ClN4O3. The Labute approximate surface area is 148 Å². The molecular weight excluding hydrogens is 344 g/mol. The van der Waals surface area contributed by atoms with Crippen molar-refractivity contribution >= 4 is 23.1 Å². The van der Waals surface area contributed by atoms with Gasteiger partial charge in [0.25, 0.3) is 5.69 Å². The zero-order valence-corrected chi connectivity index (χ0v) is 14.0. The fourth-order valence-corrected chi connectivity index (χ4v) is 2.74. The Bertz CT molecular complexity index is 968. The van der Waals surface area contributed by atoms with Crippen LogP contribution in [0.3, 0.4) is 0 Å². The van der Waals surface area contributed by atoms with Gasteiger partial charge in [0.05, 0.1) is 15.6 Å². The number of nitro groups is 1. The first-order valence-electron chi connectivity index (χ1n) is 7.50. The molecule has 2 aromatic carbocycles. The Morgan fingerprint density at radius 2 is 2.00 bits per heavy atom. The van der Waals surface area contributed by atoms with Crippen LogP contribution in [-0.2, 0) is 6.42 Å². The van der Waals surface area contributed by atoms with Crippen LogP contribution >= 0.6 is 11.6 Å². The minimum Gasteiger partial charge on any atom is -0.288 e. The van der Waals surface area contributed by atoms with Crippen molar-refractivity contribution in [2.45, 2.75) is 13.3 Å². The number of ketones is 1. The van der Waals surface area contributed by atoms with E-state index in [0.29, 0.717) is 28.5 Å². The fraction of sp³-hybridized carbons (Fsp3) is 0.118. The number of benzene rings is 2. The SMILES string of the molecule is CCc1nncn1-c1cc([N+](=O)[O-])ccc1C(=O)c1ccccc1Cl. The molecule has 0 aliphatic rings. The maximum Gasteiger partial charge on any atom is 0.271 e. The van der Waals surface area contributed by atoms with Crippen molar-refractivity contribution in [1.82, 2.24) is 14.8 Å². The molecule has 8 heteroatoms. The minimum absolute atomic E-state index is 0.124. The quantitative estimate of drug-likeness (QED) is 0.395. The molecule has 7 nitrogen and oxygen atoms in total. The Kier molecular flexibility index (Phi) is 4.58. The minimum atomic E-state index is -0.511. The molecule has 0 atom stereocenters. The van der Waals surface area contributed by atoms with E-state index in [-0.39, 0.29) is 17.0 Å². The Balaban J connectivity index is 2.21. The molecule has 3 rings (SSSR count). The van der Waals surface area contributed by atoms with Gasteiger partial charge < -0.3 is 0 Å². The lowest BCUT2D eigenvalue weighted by Crippen LogP contribution is -2.10. The van der Waals surface area contributed by atoms with E-state index < -0.39 is 4.92 Å². The first-order chi connectivity index (χ1) is 12.0. The van der Waals surface area contributed by atoms with Crippen LogP contribution < -0.4 is 0 Å². The molecule has 0 N–H and O–H groups in total. The third-order valence-corrected chi connectivity index (χ3v) is 4.08. The lowest BCUT2D eigenvalue weighted by Gasteiger charge is -2.12. The van der Waals surface area contributed by atoms with Gasteiger partial charge in [0, 0.05) is 29.7 Å². The summed E-state index contributed by atoms with van der Waals surface area (Å²) in [6.07, 6.45) is 1.99. The highest BCUT2D eigenvalue weighted by Gasteiger charge is 2.21. The van der Waals surface area contributed by atoms with Gasteiger partial charge in [0.2, 0.25) is 0 Å². The van der Waals surface area contributed by atoms with Crippen molar-refractivity contribution in [3.63, 3.8) is 0 Å². The average Bonchev–Trinajstić information content (AvgIpc) is 3.09. The van der Waals surface area contributed by atoms with Gasteiger partial charge in [-0.2, -0.15) is 0 Å². The van der Waals surface area contributed by atoms with Gasteiger partial charge in [-0.15, -0.1) is 10.2 Å². The molecule has 3 aromatic rings. The van der Waals surface area contributed by atoms with E-state index in [1.165, 1.54) is 24.5 Å². The van der Waals surface area contributed by atoms with Gasteiger partial charge in [-0.1, -0.05) is 30.7 Å². The first kappa shape index (κ1) is 16.8. The van der Waals surface area contributed by atoms with Gasteiger partial charge in [0.15, 0.2) is 5.78 Å². The van der Waals surface area contributed by atoms with Gasteiger partial charge >= 0.3 is 0 Å². The van der Waals surface area contributed by atoms with Crippen molar-refractivity contribution < 1.29 is 9.72 Å². The summed E-state index contributed by atoms with van der Waals surface area (Å²) in [6, 6.07) is 10.7. The topological polar surface area (TPSA) is 90.9 Å². The van der Waals surface area contributed by atoms with Crippen molar-refractivity contribution in [1.29, 1.82) is 0 Å². The largest absolute Gasteiger partial charge is 0.288 e. The van der Waals surface area contributed by atoms with Crippen LogP contribution in [0, 0.1) is 10.1 Å². The first-order valence-corrected chi connectivity index (χ1v) is 7.87. The van der Waals surface area contributed by atoms with Crippen LogP contribution in [0.15, 0.2) is 48.8 Å². The lowest BCUT2D eigenvalue weighted by atomic mass is 10.0. The number of aromatic nitrogens is 3. The number of halogens is 1. The summed E-state index contributed by atoms with van der Waals surface area (Å²) in [5, 5.41) is 19.3. The van der Waals surface area contributed by atoms with Crippen LogP contribution in [0.25, 0.3) is 5.69 Å². The van der Waals surface area contributed by atoms with Crippen molar-refractivity contribution in [3.05, 3.63) is 80.9 Å². The van der Waals surface area contributed by atoms with E-state index in [9.17, 15) is 14.9 Å². The predicted molar refractivity (Wildman–Crippen MR) is 92.3 cm³/mol. The van der Waals surface area contributed by atoms with Crippen LogP contribution in [0.4, 0.5) is 5.69 Å². The van der Waals surface area contributed by atoms with E-state index in [4.69, 9.17) is 11.6 Å². The van der Waals surface area contributed by atoms with E-state index >= 15 is 0 Å². The highest BCUT2D eigenvalue weighted by molar-refractivity contribution is 6.35. The van der Waals surface area contributed by atoms with Crippen molar-refractivity contribution in [2.75, 3.05) is 0 Å². The van der Waals surface area contributed by atoms with Gasteiger partial charge in [-0.25, -0.2) is 0 Å². The van der Waals surface area contributed by atoms with Gasteiger partial charge in [0.1, 0.15) is 12.2 Å². The van der Waals surface area contributed by atoms with E-state index in [1.807, 2.05) is 6.92 Å². The lowest BCUT2D eigenvalue weighted by molar-refractivity contribution is -0.384. The highest BCUT2D eigenvalue weighted by Crippen LogP contribution is 2.27. The number of aryl methyl sites for hydroxylation is 1. The van der Waals surface area contributed by atoms with Gasteiger partial charge in [-0.3, -0.25) is 19.5 Å². The van der Waals surface area contributed by atoms with E-state index in [1.54, 1.807) is 28.8 Å². The summed E-state index contributed by atoms with van der Waals surface area (Å²) >= 11 is 6.13. The third kappa shape index (κ3) is 3.14. The summed E-state index contributed by atoms with van der Waals surface area (Å²) in [6.45, 7) is 1.88. The maximum absolute atomic E-state index is 13.0. The van der Waals surface area contributed by atoms with Crippen molar-refractivity contribution in [2.24, 2.45) is 0 Å². The molecule has 0 saturated carbocycles. The molecule has 126 valence electrons. The smallest absolute Gasteiger partial charge is 0.271 e. The van der Waals surface area contributed by atoms with E-state index in [2.05, 4.69) is 10.2 Å². The fourth-order valence-electron chi connectivity index (χ4n) is 2.52. The Morgan fingerprint density at radius 1 is 1.24 bits per heavy atom. The summed E-state index contributed by atoms with van der Waals surface area (Å²) in [5.41, 5.74) is 0.834. The highest BCUT2D eigenvalue weighted by atomic mass is 35.5. The number of hydrogen-bond donors (Lipinski definition) is 0. The summed E-state index contributed by atoms with van der Waals surface area (Å²) in [5.74, 6) is 0.264. The molecule has 1 aromatic heterocycles. The molecule has 0 aliphatic carbocycles. The number of rotatable bonds is 5. The second-order valence-corrected chi connectivity index (χ2v) is 5.65. The summed E-state index contributed by atoms with van der Waals surface area (Å²) < 4.78 is 1.58. The van der Waals surface area contributed by atoms with Gasteiger partial charge in [-0.05, 0) is 18.2 Å². The molecule has 0 saturated heterocycles. The molecule has 0 amide bonds. The molecule has 0 bridgehead atoms. The number of nitrogens with zero attached hydrogens (tertiary/aromatic N) is 4. The summed E-state index contributed by atoms with van der Waals surface area (Å²) in [4.78, 5) is 23.6. The standard InChI is InChI=1S/C17H13ClN4O3/c1-2-16-20-19-10-21(16)15-9-11(22(24)25)7-8-13(15)17(23)12-5-3-4-6-14(12)18/h3-10H,2H2,1H3. The number of hydrogen-bond acceptors (Lipinski definition) is 5. The van der Waals surface area contributed by atoms with Crippen LogP contribution in [-0.4, -0.2) is 25.5 Å². The monoisotopic (exact) mass is 356 g/mol. The number of nitro benzene ring substituents is 1. The number of non-ortho nitro benzene ring substituents is 1. The molecule has 0 unspecified atom stereocenters. The summed E-state index contributed by atoms with van der Waals surface area (Å²) in [7, 11) is 0. The zero-order chi connectivity index (χ0) is 18.0. The second-order valence-electron chi connectivity index (χ2n) is 5.24. The van der Waals surface area contributed by atoms with Crippen LogP contribution in [0.5, 0.6) is 0 Å². The Morgan fingerprint density at radius 3 is 2.68 bits per heavy atom. The number of carbonyl (C=O) groups is 1. The molecule has 0 spiro atoms. The third-order valence-electron chi connectivity index (χ3n) is 3.75. The molecule has 0 aliphatic heterocycles. The molecule has 0 fully saturated rings. The molecule has 25 heavy (non-hydrogen) atoms. The zero-order valence-electron chi connectivity index (χ0n) is 13.2.